The van der Waals surface area contributed by atoms with Crippen molar-refractivity contribution in [3.8, 4) is 0 Å². The van der Waals surface area contributed by atoms with Gasteiger partial charge in [0.25, 0.3) is 0 Å². The van der Waals surface area contributed by atoms with E-state index in [1.54, 1.807) is 6.92 Å². The molecule has 0 atom stereocenters. The highest BCUT2D eigenvalue weighted by Crippen LogP contribution is 2.23. The number of rotatable bonds is 8. The number of carbonyl (C=O) groups excluding carboxylic acids is 1. The van der Waals surface area contributed by atoms with Crippen LogP contribution in [0, 0.1) is 0 Å². The Bertz CT molecular complexity index is 319. The molecule has 0 aromatic heterocycles. The van der Waals surface area contributed by atoms with E-state index in [1.807, 2.05) is 0 Å². The van der Waals surface area contributed by atoms with Crippen LogP contribution in [-0.2, 0) is 14.0 Å². The van der Waals surface area contributed by atoms with Crippen molar-refractivity contribution in [2.45, 2.75) is 64.6 Å². The van der Waals surface area contributed by atoms with Gasteiger partial charge >= 0.3 is 5.97 Å². The summed E-state index contributed by atoms with van der Waals surface area (Å²) in [6.45, 7) is 19.1. The number of esters is 1. The van der Waals surface area contributed by atoms with Gasteiger partial charge in [-0.2, -0.15) is 0 Å². The summed E-state index contributed by atoms with van der Waals surface area (Å²) in [5, 5.41) is -0.0203. The molecule has 0 heterocycles. The average molecular weight is 302 g/mol. The van der Waals surface area contributed by atoms with Gasteiger partial charge in [0.1, 0.15) is 0 Å². The third kappa shape index (κ3) is 8.39. The van der Waals surface area contributed by atoms with Crippen molar-refractivity contribution in [1.82, 2.24) is 0 Å². The Morgan fingerprint density at radius 1 is 1.32 bits per heavy atom. The summed E-state index contributed by atoms with van der Waals surface area (Å²) in [5.41, 5.74) is 0.462. The Kier molecular flexibility index (Phi) is 7.25. The van der Waals surface area contributed by atoms with E-state index in [0.717, 1.165) is 12.5 Å². The van der Waals surface area contributed by atoms with Crippen LogP contribution in [0.25, 0.3) is 0 Å². The lowest BCUT2D eigenvalue weighted by atomic mass is 10.4. The van der Waals surface area contributed by atoms with E-state index >= 15 is 0 Å². The molecule has 0 aliphatic carbocycles. The molecule has 1 radical (unpaired) electrons. The summed E-state index contributed by atoms with van der Waals surface area (Å²) in [7, 11) is -2.12. The molecular weight excluding hydrogens is 272 g/mol. The molecule has 0 unspecified atom stereocenters. The third-order valence-electron chi connectivity index (χ3n) is 2.87. The van der Waals surface area contributed by atoms with Gasteiger partial charge in [0.05, 0.1) is 15.4 Å². The number of hydrogen-bond donors (Lipinski definition) is 0. The van der Waals surface area contributed by atoms with E-state index < -0.39 is 17.1 Å². The van der Waals surface area contributed by atoms with Gasteiger partial charge in [0, 0.05) is 10.8 Å². The molecule has 0 bridgehead atoms. The highest BCUT2D eigenvalue weighted by atomic mass is 28.4. The van der Waals surface area contributed by atoms with Gasteiger partial charge in [-0.25, -0.2) is 4.79 Å². The van der Waals surface area contributed by atoms with Crippen molar-refractivity contribution >= 4 is 23.1 Å². The summed E-state index contributed by atoms with van der Waals surface area (Å²) < 4.78 is 11.4. The maximum absolute atomic E-state index is 11.2. The van der Waals surface area contributed by atoms with Gasteiger partial charge < -0.3 is 9.16 Å². The first kappa shape index (κ1) is 18.6. The molecule has 0 aromatic rings. The molecule has 5 heteroatoms. The van der Waals surface area contributed by atoms with Crippen LogP contribution in [0.15, 0.2) is 12.2 Å². The Labute approximate surface area is 121 Å². The summed E-state index contributed by atoms with van der Waals surface area (Å²) in [6.07, 6.45) is 0.905. The minimum absolute atomic E-state index is 0.0203. The lowest BCUT2D eigenvalue weighted by Crippen LogP contribution is -2.47. The second kappa shape index (κ2) is 7.40. The number of carbonyl (C=O) groups is 1. The molecule has 0 fully saturated rings. The lowest BCUT2D eigenvalue weighted by molar-refractivity contribution is -0.138. The molecule has 0 N–H and O–H groups in total. The fraction of sp³-hybridized carbons (Fsp3) is 0.786. The first-order valence-electron chi connectivity index (χ1n) is 6.81. The lowest BCUT2D eigenvalue weighted by Gasteiger charge is -2.37. The SMILES string of the molecule is C=C(C)C(=O)OCCC[Si](C)C(C)(C)O[Si](C)(C)C. The second-order valence-electron chi connectivity index (χ2n) is 6.52. The van der Waals surface area contributed by atoms with Gasteiger partial charge in [-0.3, -0.25) is 0 Å². The standard InChI is InChI=1S/C14H29O3Si2/c1-12(2)13(15)16-10-9-11-18(5)14(3,4)17-19(6,7)8/h1,9-11H2,2-8H3. The molecule has 3 nitrogen and oxygen atoms in total. The molecule has 19 heavy (non-hydrogen) atoms. The molecule has 111 valence electrons. The Balaban J connectivity index is 4.07. The zero-order valence-electron chi connectivity index (χ0n) is 13.6. The van der Waals surface area contributed by atoms with Gasteiger partial charge in [-0.05, 0) is 46.8 Å². The molecular formula is C14H29O3Si2. The van der Waals surface area contributed by atoms with E-state index in [4.69, 9.17) is 9.16 Å². The third-order valence-corrected chi connectivity index (χ3v) is 7.45. The first-order valence-corrected chi connectivity index (χ1v) is 12.4. The molecule has 0 saturated carbocycles. The van der Waals surface area contributed by atoms with Crippen molar-refractivity contribution < 1.29 is 14.0 Å². The number of hydrogen-bond acceptors (Lipinski definition) is 3. The zero-order valence-corrected chi connectivity index (χ0v) is 15.6. The summed E-state index contributed by atoms with van der Waals surface area (Å²) in [6, 6.07) is 1.09. The van der Waals surface area contributed by atoms with Gasteiger partial charge in [0.2, 0.25) is 0 Å². The van der Waals surface area contributed by atoms with Crippen LogP contribution in [0.5, 0.6) is 0 Å². The molecule has 0 saturated heterocycles. The van der Waals surface area contributed by atoms with Gasteiger partial charge in [0.15, 0.2) is 8.32 Å². The average Bonchev–Trinajstić information content (AvgIpc) is 2.19. The van der Waals surface area contributed by atoms with Crippen LogP contribution in [0.1, 0.15) is 27.2 Å². The van der Waals surface area contributed by atoms with Gasteiger partial charge in [-0.1, -0.05) is 19.2 Å². The van der Waals surface area contributed by atoms with Crippen molar-refractivity contribution in [2.24, 2.45) is 0 Å². The molecule has 0 amide bonds. The smallest absolute Gasteiger partial charge is 0.333 e. The monoisotopic (exact) mass is 301 g/mol. The van der Waals surface area contributed by atoms with Crippen molar-refractivity contribution in [3.05, 3.63) is 12.2 Å². The van der Waals surface area contributed by atoms with Crippen molar-refractivity contribution in [2.75, 3.05) is 6.61 Å². The van der Waals surface area contributed by atoms with Crippen LogP contribution in [0.3, 0.4) is 0 Å². The van der Waals surface area contributed by atoms with Crippen molar-refractivity contribution in [1.29, 1.82) is 0 Å². The summed E-state index contributed by atoms with van der Waals surface area (Å²) in [5.74, 6) is -0.289. The van der Waals surface area contributed by atoms with Crippen LogP contribution in [0.2, 0.25) is 32.2 Å². The van der Waals surface area contributed by atoms with E-state index in [2.05, 4.69) is 46.6 Å². The Hall–Kier alpha value is -0.396. The molecule has 0 spiro atoms. The fourth-order valence-corrected chi connectivity index (χ4v) is 6.20. The minimum Gasteiger partial charge on any atom is -0.462 e. The maximum atomic E-state index is 11.2. The fourth-order valence-electron chi connectivity index (χ4n) is 1.78. The normalized spacial score (nSPS) is 12.6. The first-order chi connectivity index (χ1) is 8.46. The predicted octanol–water partition coefficient (Wildman–Crippen LogP) is 3.79. The second-order valence-corrected chi connectivity index (χ2v) is 14.2. The molecule has 0 aromatic carbocycles. The maximum Gasteiger partial charge on any atom is 0.333 e. The molecule has 0 aliphatic heterocycles. The van der Waals surface area contributed by atoms with E-state index in [-0.39, 0.29) is 11.2 Å². The van der Waals surface area contributed by atoms with E-state index in [0.29, 0.717) is 12.2 Å². The Morgan fingerprint density at radius 3 is 2.26 bits per heavy atom. The zero-order chi connectivity index (χ0) is 15.3. The summed E-state index contributed by atoms with van der Waals surface area (Å²) >= 11 is 0. The highest BCUT2D eigenvalue weighted by molar-refractivity contribution is 6.71. The molecule has 0 rings (SSSR count). The van der Waals surface area contributed by atoms with Crippen LogP contribution >= 0.6 is 0 Å². The van der Waals surface area contributed by atoms with Crippen LogP contribution in [-0.4, -0.2) is 34.9 Å². The van der Waals surface area contributed by atoms with Crippen LogP contribution in [0.4, 0.5) is 0 Å². The van der Waals surface area contributed by atoms with E-state index in [9.17, 15) is 4.79 Å². The minimum atomic E-state index is -1.51. The topological polar surface area (TPSA) is 35.5 Å². The van der Waals surface area contributed by atoms with E-state index in [1.165, 1.54) is 0 Å². The summed E-state index contributed by atoms with van der Waals surface area (Å²) in [4.78, 5) is 11.2. The molecule has 0 aliphatic rings. The predicted molar refractivity (Wildman–Crippen MR) is 85.3 cm³/mol. The number of ether oxygens (including phenoxy) is 1. The van der Waals surface area contributed by atoms with Gasteiger partial charge in [-0.15, -0.1) is 0 Å². The largest absolute Gasteiger partial charge is 0.462 e. The Morgan fingerprint density at radius 2 is 1.84 bits per heavy atom. The van der Waals surface area contributed by atoms with Crippen LogP contribution < -0.4 is 0 Å². The highest BCUT2D eigenvalue weighted by Gasteiger charge is 2.32. The van der Waals surface area contributed by atoms with Crippen molar-refractivity contribution in [3.63, 3.8) is 0 Å². The quantitative estimate of drug-likeness (QED) is 0.296.